The van der Waals surface area contributed by atoms with Crippen molar-refractivity contribution in [3.05, 3.63) is 0 Å². The normalized spacial score (nSPS) is 14.6. The van der Waals surface area contributed by atoms with E-state index in [1.165, 1.54) is 25.7 Å². The molecule has 0 saturated heterocycles. The molecule has 0 aromatic heterocycles. The number of alkyl halides is 2. The van der Waals surface area contributed by atoms with Gasteiger partial charge in [-0.05, 0) is 26.1 Å². The number of halogens is 2. The van der Waals surface area contributed by atoms with Crippen molar-refractivity contribution in [2.45, 2.75) is 68.5 Å². The Bertz CT molecular complexity index is 157. The van der Waals surface area contributed by atoms with E-state index in [-0.39, 0.29) is 0 Å². The van der Waals surface area contributed by atoms with Gasteiger partial charge in [0.1, 0.15) is 0 Å². The summed E-state index contributed by atoms with van der Waals surface area (Å²) in [5.74, 6) is 0. The largest absolute Gasteiger partial charge is 0.413 e. The molecule has 0 rings (SSSR count). The zero-order valence-corrected chi connectivity index (χ0v) is 14.5. The maximum absolute atomic E-state index is 6.12. The molecule has 15 heavy (non-hydrogen) atoms. The van der Waals surface area contributed by atoms with Crippen molar-refractivity contribution in [2.24, 2.45) is 0 Å². The van der Waals surface area contributed by atoms with Gasteiger partial charge in [-0.3, -0.25) is 0 Å². The third-order valence-corrected chi connectivity index (χ3v) is 4.32. The number of rotatable bonds is 8. The Morgan fingerprint density at radius 1 is 1.07 bits per heavy atom. The van der Waals surface area contributed by atoms with E-state index >= 15 is 0 Å². The molecule has 0 spiro atoms. The van der Waals surface area contributed by atoms with Gasteiger partial charge in [0.05, 0.1) is 9.84 Å². The van der Waals surface area contributed by atoms with Gasteiger partial charge in [0.15, 0.2) is 8.32 Å². The van der Waals surface area contributed by atoms with Crippen LogP contribution in [-0.2, 0) is 4.43 Å². The molecule has 0 aliphatic rings. The fourth-order valence-corrected chi connectivity index (χ4v) is 3.77. The van der Waals surface area contributed by atoms with Crippen LogP contribution in [0.25, 0.3) is 0 Å². The summed E-state index contributed by atoms with van der Waals surface area (Å²) in [5.41, 5.74) is 0. The van der Waals surface area contributed by atoms with Gasteiger partial charge in [-0.1, -0.05) is 64.5 Å². The van der Waals surface area contributed by atoms with E-state index in [0.717, 1.165) is 6.42 Å². The highest BCUT2D eigenvalue weighted by Crippen LogP contribution is 2.24. The van der Waals surface area contributed by atoms with Crippen molar-refractivity contribution in [2.75, 3.05) is 0 Å². The first kappa shape index (κ1) is 16.1. The van der Waals surface area contributed by atoms with E-state index in [9.17, 15) is 0 Å². The first-order valence-electron chi connectivity index (χ1n) is 5.82. The summed E-state index contributed by atoms with van der Waals surface area (Å²) in [7, 11) is -1.41. The SMILES string of the molecule is CCCCCCC(O[Si](C)(C)C)C(Br)Br. The molecule has 0 aliphatic heterocycles. The predicted octanol–water partition coefficient (Wildman–Crippen LogP) is 5.29. The van der Waals surface area contributed by atoms with Crippen molar-refractivity contribution in [3.8, 4) is 0 Å². The summed E-state index contributed by atoms with van der Waals surface area (Å²) in [4.78, 5) is 0. The minimum absolute atomic E-state index is 0.290. The lowest BCUT2D eigenvalue weighted by Gasteiger charge is -2.27. The molecule has 0 aromatic carbocycles. The van der Waals surface area contributed by atoms with Gasteiger partial charge in [-0.2, -0.15) is 0 Å². The molecule has 92 valence electrons. The van der Waals surface area contributed by atoms with Gasteiger partial charge < -0.3 is 4.43 Å². The van der Waals surface area contributed by atoms with Crippen LogP contribution in [0, 0.1) is 0 Å². The summed E-state index contributed by atoms with van der Waals surface area (Å²) in [6.07, 6.45) is 6.73. The Kier molecular flexibility index (Phi) is 8.89. The van der Waals surface area contributed by atoms with Gasteiger partial charge >= 0.3 is 0 Å². The summed E-state index contributed by atoms with van der Waals surface area (Å²) < 4.78 is 6.41. The minimum Gasteiger partial charge on any atom is -0.413 e. The van der Waals surface area contributed by atoms with Gasteiger partial charge in [0.25, 0.3) is 0 Å². The number of hydrogen-bond acceptors (Lipinski definition) is 1. The van der Waals surface area contributed by atoms with Gasteiger partial charge in [-0.25, -0.2) is 0 Å². The molecular weight excluding hydrogens is 336 g/mol. The molecule has 0 N–H and O–H groups in total. The van der Waals surface area contributed by atoms with E-state index in [1.54, 1.807) is 0 Å². The zero-order valence-electron chi connectivity index (χ0n) is 10.4. The molecule has 1 nitrogen and oxygen atoms in total. The van der Waals surface area contributed by atoms with Crippen molar-refractivity contribution in [1.82, 2.24) is 0 Å². The van der Waals surface area contributed by atoms with Crippen LogP contribution in [-0.4, -0.2) is 18.2 Å². The first-order valence-corrected chi connectivity index (χ1v) is 11.1. The highest BCUT2D eigenvalue weighted by molar-refractivity contribution is 9.24. The molecule has 0 heterocycles. The Balaban J connectivity index is 3.84. The molecule has 0 fully saturated rings. The Labute approximate surface area is 113 Å². The molecule has 0 saturated carbocycles. The molecule has 1 unspecified atom stereocenters. The highest BCUT2D eigenvalue weighted by atomic mass is 79.9. The number of unbranched alkanes of at least 4 members (excludes halogenated alkanes) is 3. The Morgan fingerprint density at radius 2 is 1.67 bits per heavy atom. The highest BCUT2D eigenvalue weighted by Gasteiger charge is 2.24. The quantitative estimate of drug-likeness (QED) is 0.325. The Morgan fingerprint density at radius 3 is 2.07 bits per heavy atom. The third-order valence-electron chi connectivity index (χ3n) is 2.13. The van der Waals surface area contributed by atoms with Crippen LogP contribution in [0.1, 0.15) is 39.0 Å². The average molecular weight is 360 g/mol. The van der Waals surface area contributed by atoms with E-state index in [1.807, 2.05) is 0 Å². The summed E-state index contributed by atoms with van der Waals surface area (Å²) >= 11 is 7.15. The topological polar surface area (TPSA) is 9.23 Å². The number of hydrogen-bond donors (Lipinski definition) is 0. The maximum atomic E-state index is 6.12. The molecule has 4 heteroatoms. The standard InChI is InChI=1S/C11H24Br2OSi/c1-5-6-7-8-9-10(11(12)13)14-15(2,3)4/h10-11H,5-9H2,1-4H3. The van der Waals surface area contributed by atoms with Crippen molar-refractivity contribution in [1.29, 1.82) is 0 Å². The monoisotopic (exact) mass is 358 g/mol. The fourth-order valence-electron chi connectivity index (χ4n) is 1.46. The van der Waals surface area contributed by atoms with Gasteiger partial charge in [-0.15, -0.1) is 0 Å². The zero-order chi connectivity index (χ0) is 11.9. The van der Waals surface area contributed by atoms with Crippen LogP contribution < -0.4 is 0 Å². The van der Waals surface area contributed by atoms with Crippen molar-refractivity contribution < 1.29 is 4.43 Å². The van der Waals surface area contributed by atoms with Crippen LogP contribution in [0.15, 0.2) is 0 Å². The molecule has 0 bridgehead atoms. The Hall–Kier alpha value is 1.14. The van der Waals surface area contributed by atoms with Gasteiger partial charge in [0, 0.05) is 0 Å². The average Bonchev–Trinajstić information content (AvgIpc) is 2.08. The summed E-state index contributed by atoms with van der Waals surface area (Å²) in [5, 5.41) is 0. The lowest BCUT2D eigenvalue weighted by Crippen LogP contribution is -2.35. The molecule has 0 aliphatic carbocycles. The lowest BCUT2D eigenvalue weighted by molar-refractivity contribution is 0.199. The van der Waals surface area contributed by atoms with Crippen LogP contribution in [0.2, 0.25) is 19.6 Å². The van der Waals surface area contributed by atoms with Crippen LogP contribution >= 0.6 is 31.9 Å². The first-order chi connectivity index (χ1) is 6.87. The molecular formula is C11H24Br2OSi. The van der Waals surface area contributed by atoms with Crippen LogP contribution in [0.3, 0.4) is 0 Å². The second kappa shape index (κ2) is 8.26. The smallest absolute Gasteiger partial charge is 0.184 e. The van der Waals surface area contributed by atoms with Crippen LogP contribution in [0.4, 0.5) is 0 Å². The second-order valence-electron chi connectivity index (χ2n) is 4.95. The second-order valence-corrected chi connectivity index (χ2v) is 12.6. The van der Waals surface area contributed by atoms with E-state index in [0.29, 0.717) is 9.84 Å². The van der Waals surface area contributed by atoms with E-state index in [2.05, 4.69) is 58.4 Å². The molecule has 0 amide bonds. The predicted molar refractivity (Wildman–Crippen MR) is 78.6 cm³/mol. The maximum Gasteiger partial charge on any atom is 0.184 e. The van der Waals surface area contributed by atoms with E-state index < -0.39 is 8.32 Å². The molecule has 0 radical (unpaired) electrons. The van der Waals surface area contributed by atoms with Crippen molar-refractivity contribution >= 4 is 40.2 Å². The van der Waals surface area contributed by atoms with E-state index in [4.69, 9.17) is 4.43 Å². The summed E-state index contributed by atoms with van der Waals surface area (Å²) in [6, 6.07) is 0. The molecule has 1 atom stereocenters. The van der Waals surface area contributed by atoms with Crippen molar-refractivity contribution in [3.63, 3.8) is 0 Å². The minimum atomic E-state index is -1.41. The lowest BCUT2D eigenvalue weighted by atomic mass is 10.1. The molecule has 0 aromatic rings. The fraction of sp³-hybridized carbons (Fsp3) is 1.00. The van der Waals surface area contributed by atoms with Gasteiger partial charge in [0.2, 0.25) is 0 Å². The summed E-state index contributed by atoms with van der Waals surface area (Å²) in [6.45, 7) is 8.98. The third kappa shape index (κ3) is 10.0. The van der Waals surface area contributed by atoms with Crippen LogP contribution in [0.5, 0.6) is 0 Å².